The summed E-state index contributed by atoms with van der Waals surface area (Å²) in [5.74, 6) is 0.949. The lowest BCUT2D eigenvalue weighted by molar-refractivity contribution is 0.689. The van der Waals surface area contributed by atoms with E-state index in [1.165, 1.54) is 0 Å². The Morgan fingerprint density at radius 1 is 1.53 bits per heavy atom. The molecule has 0 aromatic carbocycles. The molecule has 2 N–H and O–H groups in total. The molecule has 1 unspecified atom stereocenters. The monoisotopic (exact) mass is 222 g/mol. The topological polar surface area (TPSA) is 55.0 Å². The van der Waals surface area contributed by atoms with Crippen molar-refractivity contribution in [3.63, 3.8) is 0 Å². The summed E-state index contributed by atoms with van der Waals surface area (Å²) in [7, 11) is 2.01. The molecule has 1 atom stereocenters. The summed E-state index contributed by atoms with van der Waals surface area (Å²) in [4.78, 5) is 11.8. The second-order valence-electron chi connectivity index (χ2n) is 3.54. The smallest absolute Gasteiger partial charge is 0.145 e. The van der Waals surface area contributed by atoms with Gasteiger partial charge >= 0.3 is 0 Å². The molecule has 0 saturated heterocycles. The lowest BCUT2D eigenvalue weighted by Gasteiger charge is -2.24. The van der Waals surface area contributed by atoms with Gasteiger partial charge in [-0.1, -0.05) is 0 Å². The van der Waals surface area contributed by atoms with E-state index in [0.29, 0.717) is 12.6 Å². The molecule has 4 nitrogen and oxygen atoms in total. The van der Waals surface area contributed by atoms with Gasteiger partial charge in [0.2, 0.25) is 0 Å². The van der Waals surface area contributed by atoms with Crippen LogP contribution in [-0.2, 0) is 0 Å². The van der Waals surface area contributed by atoms with Gasteiger partial charge in [0.15, 0.2) is 0 Å². The van der Waals surface area contributed by atoms with Gasteiger partial charge in [0, 0.05) is 19.6 Å². The largest absolute Gasteiger partial charge is 0.356 e. The molecule has 5 heteroatoms. The van der Waals surface area contributed by atoms with Gasteiger partial charge in [-0.2, -0.15) is 0 Å². The zero-order chi connectivity index (χ0) is 10.8. The summed E-state index contributed by atoms with van der Waals surface area (Å²) in [6.07, 6.45) is 0. The van der Waals surface area contributed by atoms with Crippen LogP contribution in [-0.4, -0.2) is 29.6 Å². The van der Waals surface area contributed by atoms with Crippen LogP contribution in [0.15, 0.2) is 17.6 Å². The van der Waals surface area contributed by atoms with Crippen LogP contribution in [0.5, 0.6) is 0 Å². The number of likely N-dealkylation sites (N-methyl/N-ethyl adjacent to an activating group) is 1. The maximum atomic E-state index is 5.62. The first kappa shape index (κ1) is 10.3. The van der Waals surface area contributed by atoms with Crippen LogP contribution >= 0.6 is 11.3 Å². The highest BCUT2D eigenvalue weighted by atomic mass is 32.1. The standard InChI is InChI=1S/C10H14N4S/c1-7(5-11)14(2)9-4-3-8-10(13-9)15-6-12-8/h3-4,6-7H,5,11H2,1-2H3. The van der Waals surface area contributed by atoms with Gasteiger partial charge in [-0.25, -0.2) is 9.97 Å². The van der Waals surface area contributed by atoms with Crippen molar-refractivity contribution in [1.82, 2.24) is 9.97 Å². The summed E-state index contributed by atoms with van der Waals surface area (Å²) in [5, 5.41) is 0. The van der Waals surface area contributed by atoms with Gasteiger partial charge in [0.1, 0.15) is 16.2 Å². The maximum absolute atomic E-state index is 5.62. The molecule has 0 fully saturated rings. The van der Waals surface area contributed by atoms with Crippen molar-refractivity contribution in [2.24, 2.45) is 5.73 Å². The molecule has 0 aliphatic carbocycles. The van der Waals surface area contributed by atoms with Crippen LogP contribution in [0.3, 0.4) is 0 Å². The summed E-state index contributed by atoms with van der Waals surface area (Å²) < 4.78 is 0. The van der Waals surface area contributed by atoms with Crippen molar-refractivity contribution < 1.29 is 0 Å². The first-order valence-electron chi connectivity index (χ1n) is 4.85. The van der Waals surface area contributed by atoms with E-state index in [-0.39, 0.29) is 0 Å². The van der Waals surface area contributed by atoms with E-state index >= 15 is 0 Å². The average Bonchev–Trinajstić information content (AvgIpc) is 2.73. The maximum Gasteiger partial charge on any atom is 0.145 e. The number of pyridine rings is 1. The average molecular weight is 222 g/mol. The van der Waals surface area contributed by atoms with Crippen LogP contribution in [0.25, 0.3) is 10.3 Å². The summed E-state index contributed by atoms with van der Waals surface area (Å²) in [5.41, 5.74) is 8.39. The molecule has 0 bridgehead atoms. The molecule has 0 saturated carbocycles. The molecule has 0 aliphatic rings. The van der Waals surface area contributed by atoms with Crippen LogP contribution in [0.1, 0.15) is 6.92 Å². The number of hydrogen-bond donors (Lipinski definition) is 1. The van der Waals surface area contributed by atoms with Crippen molar-refractivity contribution in [1.29, 1.82) is 0 Å². The SMILES string of the molecule is CC(CN)N(C)c1ccc2ncsc2n1. The van der Waals surface area contributed by atoms with Gasteiger partial charge in [0.05, 0.1) is 5.51 Å². The highest BCUT2D eigenvalue weighted by Crippen LogP contribution is 2.20. The summed E-state index contributed by atoms with van der Waals surface area (Å²) >= 11 is 1.56. The van der Waals surface area contributed by atoms with E-state index in [9.17, 15) is 0 Å². The molecule has 0 spiro atoms. The number of fused-ring (bicyclic) bond motifs is 1. The Balaban J connectivity index is 2.35. The highest BCUT2D eigenvalue weighted by molar-refractivity contribution is 7.16. The summed E-state index contributed by atoms with van der Waals surface area (Å²) in [6, 6.07) is 4.27. The number of nitrogens with two attached hydrogens (primary N) is 1. The van der Waals surface area contributed by atoms with Crippen molar-refractivity contribution in [2.45, 2.75) is 13.0 Å². The molecule has 15 heavy (non-hydrogen) atoms. The van der Waals surface area contributed by atoms with E-state index in [1.54, 1.807) is 11.3 Å². The zero-order valence-electron chi connectivity index (χ0n) is 8.84. The lowest BCUT2D eigenvalue weighted by atomic mass is 10.3. The number of thiazole rings is 1. The van der Waals surface area contributed by atoms with E-state index < -0.39 is 0 Å². The Bertz CT molecular complexity index is 453. The lowest BCUT2D eigenvalue weighted by Crippen LogP contribution is -2.35. The fraction of sp³-hybridized carbons (Fsp3) is 0.400. The van der Waals surface area contributed by atoms with E-state index in [4.69, 9.17) is 5.73 Å². The number of anilines is 1. The molecule has 2 aromatic heterocycles. The van der Waals surface area contributed by atoms with Gasteiger partial charge < -0.3 is 10.6 Å². The fourth-order valence-corrected chi connectivity index (χ4v) is 1.98. The minimum Gasteiger partial charge on any atom is -0.356 e. The zero-order valence-corrected chi connectivity index (χ0v) is 9.66. The van der Waals surface area contributed by atoms with E-state index in [2.05, 4.69) is 21.8 Å². The molecule has 2 aromatic rings. The molecule has 2 rings (SSSR count). The third kappa shape index (κ3) is 1.93. The minimum atomic E-state index is 0.294. The van der Waals surface area contributed by atoms with Gasteiger partial charge in [-0.15, -0.1) is 11.3 Å². The first-order chi connectivity index (χ1) is 7.22. The molecule has 2 heterocycles. The number of aromatic nitrogens is 2. The predicted octanol–water partition coefficient (Wildman–Crippen LogP) is 1.47. The van der Waals surface area contributed by atoms with Gasteiger partial charge in [0.25, 0.3) is 0 Å². The summed E-state index contributed by atoms with van der Waals surface area (Å²) in [6.45, 7) is 2.71. The molecule has 0 radical (unpaired) electrons. The minimum absolute atomic E-state index is 0.294. The second kappa shape index (κ2) is 4.12. The van der Waals surface area contributed by atoms with E-state index in [0.717, 1.165) is 16.2 Å². The number of hydrogen-bond acceptors (Lipinski definition) is 5. The van der Waals surface area contributed by atoms with Crippen molar-refractivity contribution >= 4 is 27.5 Å². The van der Waals surface area contributed by atoms with Crippen LogP contribution in [0.2, 0.25) is 0 Å². The Kier molecular flexibility index (Phi) is 2.83. The van der Waals surface area contributed by atoms with Crippen LogP contribution in [0, 0.1) is 0 Å². The normalized spacial score (nSPS) is 13.0. The number of rotatable bonds is 3. The third-order valence-electron chi connectivity index (χ3n) is 2.55. The third-order valence-corrected chi connectivity index (χ3v) is 3.28. The van der Waals surface area contributed by atoms with Crippen LogP contribution in [0.4, 0.5) is 5.82 Å². The van der Waals surface area contributed by atoms with Crippen LogP contribution < -0.4 is 10.6 Å². The Morgan fingerprint density at radius 3 is 3.07 bits per heavy atom. The van der Waals surface area contributed by atoms with Crippen molar-refractivity contribution in [2.75, 3.05) is 18.5 Å². The van der Waals surface area contributed by atoms with Crippen molar-refractivity contribution in [3.05, 3.63) is 17.6 Å². The predicted molar refractivity (Wildman–Crippen MR) is 64.3 cm³/mol. The molecule has 80 valence electrons. The molecular weight excluding hydrogens is 208 g/mol. The Hall–Kier alpha value is -1.20. The van der Waals surface area contributed by atoms with Gasteiger partial charge in [-0.3, -0.25) is 0 Å². The second-order valence-corrected chi connectivity index (χ2v) is 4.37. The first-order valence-corrected chi connectivity index (χ1v) is 5.73. The Labute approximate surface area is 92.8 Å². The van der Waals surface area contributed by atoms with Gasteiger partial charge in [-0.05, 0) is 19.1 Å². The quantitative estimate of drug-likeness (QED) is 0.854. The highest BCUT2D eigenvalue weighted by Gasteiger charge is 2.10. The fourth-order valence-electron chi connectivity index (χ4n) is 1.32. The molecule has 0 aliphatic heterocycles. The molecular formula is C10H14N4S. The van der Waals surface area contributed by atoms with E-state index in [1.807, 2.05) is 24.7 Å². The Morgan fingerprint density at radius 2 is 2.33 bits per heavy atom. The molecule has 0 amide bonds. The number of nitrogens with zero attached hydrogens (tertiary/aromatic N) is 3. The van der Waals surface area contributed by atoms with Crippen molar-refractivity contribution in [3.8, 4) is 0 Å².